The number of carbonyl (C=O) groups is 1. The Bertz CT molecular complexity index is 1530. The quantitative estimate of drug-likeness (QED) is 0.275. The first kappa shape index (κ1) is 31.5. The first-order valence-corrected chi connectivity index (χ1v) is 18.0. The topological polar surface area (TPSA) is 141 Å². The molecule has 0 bridgehead atoms. The molecule has 3 aromatic rings. The number of nitrogens with one attached hydrogen (secondary N) is 2. The smallest absolute Gasteiger partial charge is 0.280 e. The van der Waals surface area contributed by atoms with Crippen LogP contribution in [0.1, 0.15) is 72.6 Å². The largest absolute Gasteiger partial charge is 0.408 e. The van der Waals surface area contributed by atoms with Crippen molar-refractivity contribution in [3.05, 3.63) is 52.6 Å². The van der Waals surface area contributed by atoms with Crippen LogP contribution in [0.2, 0.25) is 18.1 Å². The van der Waals surface area contributed by atoms with E-state index in [1.54, 1.807) is 18.4 Å². The third-order valence-electron chi connectivity index (χ3n) is 9.40. The van der Waals surface area contributed by atoms with E-state index in [1.165, 1.54) is 6.33 Å². The molecule has 234 valence electrons. The number of aliphatic hydroxyl groups is 1. The molecule has 1 saturated heterocycles. The van der Waals surface area contributed by atoms with E-state index in [-0.39, 0.29) is 40.6 Å². The molecule has 3 N–H and O–H groups in total. The minimum atomic E-state index is -2.25. The minimum Gasteiger partial charge on any atom is -0.408 e. The Morgan fingerprint density at radius 3 is 2.51 bits per heavy atom. The van der Waals surface area contributed by atoms with Gasteiger partial charge in [0.2, 0.25) is 11.9 Å². The number of H-pyrrole nitrogens is 1. The lowest BCUT2D eigenvalue weighted by Gasteiger charge is -2.47. The number of rotatable bonds is 10. The number of anilines is 1. The third kappa shape index (κ3) is 5.59. The second-order valence-electron chi connectivity index (χ2n) is 13.7. The van der Waals surface area contributed by atoms with E-state index in [9.17, 15) is 14.7 Å². The first-order chi connectivity index (χ1) is 20.1. The van der Waals surface area contributed by atoms with Gasteiger partial charge in [0.1, 0.15) is 17.8 Å². The number of carbonyl (C=O) groups excluding carboxylic acids is 1. The van der Waals surface area contributed by atoms with Gasteiger partial charge in [-0.1, -0.05) is 71.9 Å². The van der Waals surface area contributed by atoms with E-state index >= 15 is 0 Å². The molecule has 1 aromatic carbocycles. The summed E-state index contributed by atoms with van der Waals surface area (Å²) in [6.45, 7) is 16.9. The van der Waals surface area contributed by atoms with Crippen LogP contribution in [0.15, 0.2) is 41.5 Å². The Morgan fingerprint density at radius 1 is 1.26 bits per heavy atom. The molecule has 43 heavy (non-hydrogen) atoms. The number of ether oxygens (including phenoxy) is 2. The zero-order valence-corrected chi connectivity index (χ0v) is 27.4. The van der Waals surface area contributed by atoms with Crippen molar-refractivity contribution in [2.75, 3.05) is 5.32 Å². The second kappa shape index (κ2) is 11.2. The van der Waals surface area contributed by atoms with Gasteiger partial charge < -0.3 is 19.0 Å². The van der Waals surface area contributed by atoms with E-state index in [1.807, 2.05) is 37.3 Å². The molecule has 11 nitrogen and oxygen atoms in total. The summed E-state index contributed by atoms with van der Waals surface area (Å²) in [6, 6.07) is 9.83. The van der Waals surface area contributed by atoms with Crippen LogP contribution in [0, 0.1) is 5.92 Å². The molecule has 5 rings (SSSR count). The number of aliphatic hydroxyl groups excluding tert-OH is 1. The van der Waals surface area contributed by atoms with Gasteiger partial charge in [-0.3, -0.25) is 24.5 Å². The van der Waals surface area contributed by atoms with Crippen molar-refractivity contribution in [3.8, 4) is 0 Å². The maximum Gasteiger partial charge on any atom is 0.280 e. The highest BCUT2D eigenvalue weighted by Gasteiger charge is 2.72. The highest BCUT2D eigenvalue weighted by molar-refractivity contribution is 6.74. The highest BCUT2D eigenvalue weighted by Crippen LogP contribution is 2.61. The number of fused-ring (bicyclic) bond motifs is 1. The summed E-state index contributed by atoms with van der Waals surface area (Å²) in [5.74, 6) is -0.596. The van der Waals surface area contributed by atoms with E-state index in [2.05, 4.69) is 54.1 Å². The number of imidazole rings is 1. The molecule has 2 aliphatic rings. The second-order valence-corrected chi connectivity index (χ2v) is 18.4. The Kier molecular flexibility index (Phi) is 8.23. The van der Waals surface area contributed by atoms with Crippen LogP contribution >= 0.6 is 0 Å². The van der Waals surface area contributed by atoms with Gasteiger partial charge in [-0.25, -0.2) is 4.98 Å². The molecular formula is C31H45N5O6Si. The molecule has 1 aliphatic heterocycles. The third-order valence-corrected chi connectivity index (χ3v) is 13.9. The number of hydrogen-bond acceptors (Lipinski definition) is 8. The van der Waals surface area contributed by atoms with E-state index in [0.717, 1.165) is 18.4 Å². The number of hydrogen-bond donors (Lipinski definition) is 3. The normalized spacial score (nSPS) is 25.4. The minimum absolute atomic E-state index is 0.00370. The Balaban J connectivity index is 1.57. The van der Waals surface area contributed by atoms with E-state index in [0.29, 0.717) is 6.42 Å². The molecule has 3 heterocycles. The van der Waals surface area contributed by atoms with Crippen molar-refractivity contribution in [1.82, 2.24) is 19.5 Å². The Labute approximate surface area is 253 Å². The average molecular weight is 612 g/mol. The molecule has 1 amide bonds. The molecule has 2 fully saturated rings. The number of benzene rings is 1. The number of nitrogens with zero attached hydrogens (tertiary/aromatic N) is 3. The lowest BCUT2D eigenvalue weighted by Crippen LogP contribution is -2.60. The summed E-state index contributed by atoms with van der Waals surface area (Å²) in [6.07, 6.45) is 0.714. The molecule has 0 spiro atoms. The van der Waals surface area contributed by atoms with Crippen LogP contribution < -0.4 is 10.9 Å². The summed E-state index contributed by atoms with van der Waals surface area (Å²) in [5.41, 5.74) is -0.879. The zero-order chi connectivity index (χ0) is 31.4. The highest BCUT2D eigenvalue weighted by atomic mass is 28.4. The summed E-state index contributed by atoms with van der Waals surface area (Å²) >= 11 is 0. The Hall–Kier alpha value is -2.90. The molecule has 0 radical (unpaired) electrons. The van der Waals surface area contributed by atoms with E-state index in [4.69, 9.17) is 13.9 Å². The van der Waals surface area contributed by atoms with Crippen LogP contribution in [-0.4, -0.2) is 62.3 Å². The van der Waals surface area contributed by atoms with Gasteiger partial charge in [0.15, 0.2) is 25.7 Å². The lowest BCUT2D eigenvalue weighted by molar-refractivity contribution is -0.184. The Morgan fingerprint density at radius 2 is 1.93 bits per heavy atom. The average Bonchev–Trinajstić information content (AvgIpc) is 3.48. The van der Waals surface area contributed by atoms with Crippen molar-refractivity contribution in [3.63, 3.8) is 0 Å². The standard InChI is InChI=1S/C31H45N5O6Si/c1-9-31(30(15-16-30)42-43(7,8)29(4,5)6)23(40-17-20-13-11-10-12-14-20)22(37)27(41-31)36-18-32-21-24(36)33-28(35-26(21)39)34-25(38)19(2)3/h10-14,18-19,22-23,27,37H,9,15-17H2,1-8H3,(H2,33,34,35,38,39)/t22-,23?,27+,31+/m0/s1. The van der Waals surface area contributed by atoms with Gasteiger partial charge in [-0.05, 0) is 43.0 Å². The van der Waals surface area contributed by atoms with Crippen molar-refractivity contribution < 1.29 is 23.8 Å². The fourth-order valence-corrected chi connectivity index (χ4v) is 7.42. The SMILES string of the molecule is CC[C@@]1(C2(O[Si](C)(C)C(C)(C)C)CC2)O[C@@H](n2cnc3c(=O)[nH]c(NC(=O)C(C)C)nc32)[C@@H](O)C1OCc1ccccc1. The van der Waals surface area contributed by atoms with Crippen molar-refractivity contribution in [2.45, 2.75) is 115 Å². The first-order valence-electron chi connectivity index (χ1n) is 15.1. The molecule has 12 heteroatoms. The summed E-state index contributed by atoms with van der Waals surface area (Å²) in [4.78, 5) is 36.7. The predicted molar refractivity (Wildman–Crippen MR) is 166 cm³/mol. The predicted octanol–water partition coefficient (Wildman–Crippen LogP) is 4.89. The molecule has 1 saturated carbocycles. The summed E-state index contributed by atoms with van der Waals surface area (Å²) in [5, 5.41) is 14.6. The van der Waals surface area contributed by atoms with Crippen molar-refractivity contribution >= 4 is 31.3 Å². The van der Waals surface area contributed by atoms with Gasteiger partial charge in [-0.2, -0.15) is 4.98 Å². The molecule has 1 unspecified atom stereocenters. The fraction of sp³-hybridized carbons (Fsp3) is 0.613. The zero-order valence-electron chi connectivity index (χ0n) is 26.4. The maximum atomic E-state index is 12.9. The number of aromatic amines is 1. The summed E-state index contributed by atoms with van der Waals surface area (Å²) < 4.78 is 22.3. The van der Waals surface area contributed by atoms with Crippen LogP contribution in [-0.2, 0) is 25.3 Å². The number of aromatic nitrogens is 4. The molecular weight excluding hydrogens is 566 g/mol. The maximum absolute atomic E-state index is 12.9. The lowest BCUT2D eigenvalue weighted by atomic mass is 9.84. The summed E-state index contributed by atoms with van der Waals surface area (Å²) in [7, 11) is -2.25. The van der Waals surface area contributed by atoms with Crippen molar-refractivity contribution in [1.29, 1.82) is 0 Å². The van der Waals surface area contributed by atoms with Crippen LogP contribution in [0.3, 0.4) is 0 Å². The van der Waals surface area contributed by atoms with Crippen molar-refractivity contribution in [2.24, 2.45) is 5.92 Å². The van der Waals surface area contributed by atoms with Crippen LogP contribution in [0.4, 0.5) is 5.95 Å². The molecule has 1 aliphatic carbocycles. The van der Waals surface area contributed by atoms with E-state index < -0.39 is 43.5 Å². The van der Waals surface area contributed by atoms with Gasteiger partial charge >= 0.3 is 0 Å². The fourth-order valence-electron chi connectivity index (χ4n) is 5.76. The number of amides is 1. The van der Waals surface area contributed by atoms with Gasteiger partial charge in [-0.15, -0.1) is 0 Å². The van der Waals surface area contributed by atoms with Gasteiger partial charge in [0, 0.05) is 5.92 Å². The molecule has 4 atom stereocenters. The van der Waals surface area contributed by atoms with Crippen LogP contribution in [0.25, 0.3) is 11.2 Å². The van der Waals surface area contributed by atoms with Crippen LogP contribution in [0.5, 0.6) is 0 Å². The monoisotopic (exact) mass is 611 g/mol. The molecule has 2 aromatic heterocycles. The van der Waals surface area contributed by atoms with Gasteiger partial charge in [0.05, 0.1) is 18.5 Å². The van der Waals surface area contributed by atoms with Gasteiger partial charge in [0.25, 0.3) is 5.56 Å².